The van der Waals surface area contributed by atoms with Gasteiger partial charge in [0, 0.05) is 38.6 Å². The summed E-state index contributed by atoms with van der Waals surface area (Å²) in [5, 5.41) is 3.42. The number of anilines is 2. The van der Waals surface area contributed by atoms with Crippen LogP contribution in [0, 0.1) is 6.92 Å². The number of benzene rings is 1. The van der Waals surface area contributed by atoms with E-state index in [9.17, 15) is 0 Å². The molecule has 0 aliphatic heterocycles. The van der Waals surface area contributed by atoms with Crippen molar-refractivity contribution in [3.63, 3.8) is 0 Å². The molecule has 2 rings (SSSR count). The third-order valence-corrected chi connectivity index (χ3v) is 3.39. The highest BCUT2D eigenvalue weighted by atomic mass is 15.2. The van der Waals surface area contributed by atoms with Gasteiger partial charge in [0.25, 0.3) is 0 Å². The number of nitrogens with one attached hydrogen (secondary N) is 1. The molecule has 20 heavy (non-hydrogen) atoms. The van der Waals surface area contributed by atoms with Gasteiger partial charge in [-0.25, -0.2) is 4.98 Å². The fraction of sp³-hybridized carbons (Fsp3) is 0.438. The van der Waals surface area contributed by atoms with Crippen molar-refractivity contribution in [2.24, 2.45) is 0 Å². The van der Waals surface area contributed by atoms with Gasteiger partial charge in [-0.2, -0.15) is 0 Å². The Morgan fingerprint density at radius 1 is 1.25 bits per heavy atom. The number of rotatable bonds is 7. The lowest BCUT2D eigenvalue weighted by Gasteiger charge is -2.19. The molecule has 0 fully saturated rings. The van der Waals surface area contributed by atoms with E-state index in [0.717, 1.165) is 37.7 Å². The number of hydrogen-bond acceptors (Lipinski definition) is 3. The molecule has 108 valence electrons. The standard InChI is InChI=1S/C16H24N4/c1-4-20-13-14(2)18-16(20)17-11-8-12-19(3)15-9-6-5-7-10-15/h5-7,9-10,13H,4,8,11-12H2,1-3H3,(H,17,18). The van der Waals surface area contributed by atoms with Crippen LogP contribution in [-0.2, 0) is 6.54 Å². The Hall–Kier alpha value is -1.97. The molecule has 0 atom stereocenters. The highest BCUT2D eigenvalue weighted by Gasteiger charge is 2.03. The van der Waals surface area contributed by atoms with Gasteiger partial charge >= 0.3 is 0 Å². The van der Waals surface area contributed by atoms with Crippen LogP contribution < -0.4 is 10.2 Å². The molecule has 0 radical (unpaired) electrons. The van der Waals surface area contributed by atoms with E-state index in [-0.39, 0.29) is 0 Å². The van der Waals surface area contributed by atoms with Gasteiger partial charge in [-0.1, -0.05) is 18.2 Å². The summed E-state index contributed by atoms with van der Waals surface area (Å²) < 4.78 is 2.15. The van der Waals surface area contributed by atoms with Crippen molar-refractivity contribution in [2.45, 2.75) is 26.8 Å². The number of aryl methyl sites for hydroxylation is 2. The van der Waals surface area contributed by atoms with E-state index in [1.54, 1.807) is 0 Å². The summed E-state index contributed by atoms with van der Waals surface area (Å²) in [6.07, 6.45) is 3.17. The summed E-state index contributed by atoms with van der Waals surface area (Å²) in [4.78, 5) is 6.77. The maximum absolute atomic E-state index is 4.49. The average molecular weight is 272 g/mol. The average Bonchev–Trinajstić information content (AvgIpc) is 2.84. The maximum Gasteiger partial charge on any atom is 0.203 e. The lowest BCUT2D eigenvalue weighted by atomic mass is 10.3. The molecule has 4 heteroatoms. The summed E-state index contributed by atoms with van der Waals surface area (Å²) in [5.41, 5.74) is 2.33. The second-order valence-corrected chi connectivity index (χ2v) is 5.03. The number of hydrogen-bond donors (Lipinski definition) is 1. The molecule has 0 spiro atoms. The molecule has 0 bridgehead atoms. The first-order valence-corrected chi connectivity index (χ1v) is 7.24. The lowest BCUT2D eigenvalue weighted by Crippen LogP contribution is -2.21. The molecule has 1 aromatic heterocycles. The highest BCUT2D eigenvalue weighted by Crippen LogP contribution is 2.11. The highest BCUT2D eigenvalue weighted by molar-refractivity contribution is 5.44. The Morgan fingerprint density at radius 3 is 2.70 bits per heavy atom. The van der Waals surface area contributed by atoms with Crippen molar-refractivity contribution in [2.75, 3.05) is 30.4 Å². The van der Waals surface area contributed by atoms with Gasteiger partial charge in [-0.05, 0) is 32.4 Å². The fourth-order valence-electron chi connectivity index (χ4n) is 2.26. The minimum absolute atomic E-state index is 0.938. The van der Waals surface area contributed by atoms with Crippen LogP contribution in [0.1, 0.15) is 19.0 Å². The van der Waals surface area contributed by atoms with Crippen molar-refractivity contribution in [3.05, 3.63) is 42.2 Å². The topological polar surface area (TPSA) is 33.1 Å². The minimum Gasteiger partial charge on any atom is -0.375 e. The van der Waals surface area contributed by atoms with Crippen LogP contribution in [-0.4, -0.2) is 29.7 Å². The molecule has 0 aliphatic rings. The van der Waals surface area contributed by atoms with Crippen LogP contribution in [0.3, 0.4) is 0 Å². The first-order chi connectivity index (χ1) is 9.70. The van der Waals surface area contributed by atoms with E-state index in [2.05, 4.69) is 64.2 Å². The molecule has 0 saturated carbocycles. The predicted octanol–water partition coefficient (Wildman–Crippen LogP) is 3.15. The monoisotopic (exact) mass is 272 g/mol. The number of aromatic nitrogens is 2. The van der Waals surface area contributed by atoms with Crippen molar-refractivity contribution in [1.29, 1.82) is 0 Å². The summed E-state index contributed by atoms with van der Waals surface area (Å²) in [6, 6.07) is 10.5. The van der Waals surface area contributed by atoms with Crippen LogP contribution in [0.4, 0.5) is 11.6 Å². The van der Waals surface area contributed by atoms with Crippen molar-refractivity contribution >= 4 is 11.6 Å². The summed E-state index contributed by atoms with van der Waals surface area (Å²) in [6.45, 7) is 7.08. The summed E-state index contributed by atoms with van der Waals surface area (Å²) in [5.74, 6) is 0.979. The SMILES string of the molecule is CCn1cc(C)nc1NCCCN(C)c1ccccc1. The third kappa shape index (κ3) is 3.76. The molecule has 1 N–H and O–H groups in total. The van der Waals surface area contributed by atoms with Crippen LogP contribution in [0.5, 0.6) is 0 Å². The molecule has 2 aromatic rings. The lowest BCUT2D eigenvalue weighted by molar-refractivity contribution is 0.750. The zero-order chi connectivity index (χ0) is 14.4. The van der Waals surface area contributed by atoms with Gasteiger partial charge < -0.3 is 14.8 Å². The van der Waals surface area contributed by atoms with Gasteiger partial charge in [0.05, 0.1) is 5.69 Å². The summed E-state index contributed by atoms with van der Waals surface area (Å²) >= 11 is 0. The Morgan fingerprint density at radius 2 is 2.00 bits per heavy atom. The second kappa shape index (κ2) is 6.98. The molecule has 0 saturated heterocycles. The largest absolute Gasteiger partial charge is 0.375 e. The van der Waals surface area contributed by atoms with Crippen molar-refractivity contribution < 1.29 is 0 Å². The van der Waals surface area contributed by atoms with Gasteiger partial charge in [-0.3, -0.25) is 0 Å². The number of para-hydroxylation sites is 1. The first kappa shape index (κ1) is 14.4. The molecular weight excluding hydrogens is 248 g/mol. The zero-order valence-corrected chi connectivity index (χ0v) is 12.6. The first-order valence-electron chi connectivity index (χ1n) is 7.24. The quantitative estimate of drug-likeness (QED) is 0.786. The van der Waals surface area contributed by atoms with E-state index in [0.29, 0.717) is 0 Å². The van der Waals surface area contributed by atoms with Crippen molar-refractivity contribution in [1.82, 2.24) is 9.55 Å². The van der Waals surface area contributed by atoms with Crippen LogP contribution in [0.2, 0.25) is 0 Å². The van der Waals surface area contributed by atoms with Gasteiger partial charge in [0.2, 0.25) is 5.95 Å². The summed E-state index contributed by atoms with van der Waals surface area (Å²) in [7, 11) is 2.13. The van der Waals surface area contributed by atoms with Crippen LogP contribution in [0.15, 0.2) is 36.5 Å². The minimum atomic E-state index is 0.938. The maximum atomic E-state index is 4.49. The van der Waals surface area contributed by atoms with E-state index in [4.69, 9.17) is 0 Å². The Bertz CT molecular complexity index is 519. The molecule has 0 aliphatic carbocycles. The number of imidazole rings is 1. The molecule has 0 unspecified atom stereocenters. The number of nitrogens with zero attached hydrogens (tertiary/aromatic N) is 3. The van der Waals surface area contributed by atoms with Gasteiger partial charge in [-0.15, -0.1) is 0 Å². The molecule has 0 amide bonds. The zero-order valence-electron chi connectivity index (χ0n) is 12.6. The Labute approximate surface area is 121 Å². The third-order valence-electron chi connectivity index (χ3n) is 3.39. The van der Waals surface area contributed by atoms with Gasteiger partial charge in [0.1, 0.15) is 0 Å². The molecule has 4 nitrogen and oxygen atoms in total. The molecule has 1 aromatic carbocycles. The van der Waals surface area contributed by atoms with Crippen LogP contribution >= 0.6 is 0 Å². The molecule has 1 heterocycles. The van der Waals surface area contributed by atoms with Gasteiger partial charge in [0.15, 0.2) is 0 Å². The Balaban J connectivity index is 1.76. The van der Waals surface area contributed by atoms with E-state index in [1.807, 2.05) is 13.0 Å². The van der Waals surface area contributed by atoms with E-state index >= 15 is 0 Å². The van der Waals surface area contributed by atoms with Crippen molar-refractivity contribution in [3.8, 4) is 0 Å². The molecular formula is C16H24N4. The second-order valence-electron chi connectivity index (χ2n) is 5.03. The Kier molecular flexibility index (Phi) is 5.04. The van der Waals surface area contributed by atoms with E-state index in [1.165, 1.54) is 5.69 Å². The van der Waals surface area contributed by atoms with E-state index < -0.39 is 0 Å². The smallest absolute Gasteiger partial charge is 0.203 e. The van der Waals surface area contributed by atoms with Crippen LogP contribution in [0.25, 0.3) is 0 Å². The predicted molar refractivity (Wildman–Crippen MR) is 85.5 cm³/mol. The normalized spacial score (nSPS) is 10.6. The fourth-order valence-corrected chi connectivity index (χ4v) is 2.26.